The van der Waals surface area contributed by atoms with Crippen LogP contribution in [0.1, 0.15) is 33.3 Å². The van der Waals surface area contributed by atoms with Gasteiger partial charge in [0, 0.05) is 23.8 Å². The molecule has 0 saturated heterocycles. The molecule has 0 fully saturated rings. The number of pyridine rings is 1. The van der Waals surface area contributed by atoms with Crippen LogP contribution in [0.3, 0.4) is 0 Å². The van der Waals surface area contributed by atoms with Crippen LogP contribution in [0.25, 0.3) is 21.7 Å². The van der Waals surface area contributed by atoms with Crippen molar-refractivity contribution in [2.75, 3.05) is 0 Å². The molecule has 118 valence electrons. The lowest BCUT2D eigenvalue weighted by molar-refractivity contribution is -0.656. The summed E-state index contributed by atoms with van der Waals surface area (Å²) in [5, 5.41) is 3.65. The van der Waals surface area contributed by atoms with Gasteiger partial charge in [-0.1, -0.05) is 45.0 Å². The first-order chi connectivity index (χ1) is 10.8. The molecule has 0 aliphatic rings. The summed E-state index contributed by atoms with van der Waals surface area (Å²) in [4.78, 5) is 11.6. The summed E-state index contributed by atoms with van der Waals surface area (Å²) >= 11 is 0. The maximum atomic E-state index is 11.6. The van der Waals surface area contributed by atoms with Gasteiger partial charge in [-0.25, -0.2) is 0 Å². The normalized spacial score (nSPS) is 12.0. The predicted molar refractivity (Wildman–Crippen MR) is 95.5 cm³/mol. The van der Waals surface area contributed by atoms with E-state index in [0.29, 0.717) is 6.54 Å². The van der Waals surface area contributed by atoms with Gasteiger partial charge in [0.1, 0.15) is 0 Å². The Kier molecular flexibility index (Phi) is 3.93. The molecule has 3 aromatic rings. The Balaban J connectivity index is 2.27. The fourth-order valence-electron chi connectivity index (χ4n) is 3.23. The highest BCUT2D eigenvalue weighted by molar-refractivity contribution is 6.04. The quantitative estimate of drug-likeness (QED) is 0.517. The molecule has 1 heterocycles. The van der Waals surface area contributed by atoms with Gasteiger partial charge < -0.3 is 0 Å². The lowest BCUT2D eigenvalue weighted by Crippen LogP contribution is -2.37. The first kappa shape index (κ1) is 15.7. The van der Waals surface area contributed by atoms with Crippen molar-refractivity contribution >= 4 is 27.5 Å². The highest BCUT2D eigenvalue weighted by Crippen LogP contribution is 2.27. The number of aromatic nitrogens is 1. The molecule has 2 aromatic carbocycles. The zero-order chi connectivity index (χ0) is 16.6. The minimum atomic E-state index is 0.172. The molecule has 3 rings (SSSR count). The highest BCUT2D eigenvalue weighted by atomic mass is 16.1. The van der Waals surface area contributed by atoms with Gasteiger partial charge >= 0.3 is 0 Å². The van der Waals surface area contributed by atoms with E-state index in [1.54, 1.807) is 6.92 Å². The number of benzene rings is 2. The number of carbonyl (C=O) groups excluding carboxylic acids is 1. The van der Waals surface area contributed by atoms with E-state index in [9.17, 15) is 4.79 Å². The smallest absolute Gasteiger partial charge is 0.213 e. The van der Waals surface area contributed by atoms with Crippen LogP contribution in [-0.4, -0.2) is 5.78 Å². The summed E-state index contributed by atoms with van der Waals surface area (Å²) in [6.45, 7) is 8.84. The molecule has 23 heavy (non-hydrogen) atoms. The number of hydrogen-bond acceptors (Lipinski definition) is 1. The van der Waals surface area contributed by atoms with Crippen molar-refractivity contribution in [2.24, 2.45) is 5.41 Å². The summed E-state index contributed by atoms with van der Waals surface area (Å²) in [5.41, 5.74) is 2.72. The molecule has 0 bridgehead atoms. The third-order valence-corrected chi connectivity index (χ3v) is 4.04. The van der Waals surface area contributed by atoms with Gasteiger partial charge in [0.25, 0.3) is 0 Å². The maximum absolute atomic E-state index is 11.6. The lowest BCUT2D eigenvalue weighted by Gasteiger charge is -2.18. The van der Waals surface area contributed by atoms with Crippen LogP contribution in [0.4, 0.5) is 0 Å². The topological polar surface area (TPSA) is 20.9 Å². The Hall–Kier alpha value is -2.22. The van der Waals surface area contributed by atoms with Crippen molar-refractivity contribution in [3.05, 3.63) is 54.2 Å². The van der Waals surface area contributed by atoms with E-state index in [2.05, 4.69) is 67.9 Å². The Morgan fingerprint density at radius 1 is 1.04 bits per heavy atom. The number of ketones is 1. The predicted octanol–water partition coefficient (Wildman–Crippen LogP) is 4.46. The summed E-state index contributed by atoms with van der Waals surface area (Å²) in [7, 11) is 0. The molecule has 0 N–H and O–H groups in total. The average molecular weight is 306 g/mol. The van der Waals surface area contributed by atoms with Gasteiger partial charge in [-0.3, -0.25) is 4.79 Å². The number of Topliss-reactive ketones (excluding diaryl/α,β-unsaturated/α-hetero) is 1. The molecule has 0 spiro atoms. The van der Waals surface area contributed by atoms with Crippen LogP contribution in [0, 0.1) is 5.41 Å². The largest absolute Gasteiger partial charge is 0.293 e. The van der Waals surface area contributed by atoms with E-state index >= 15 is 0 Å². The minimum absolute atomic E-state index is 0.172. The third kappa shape index (κ3) is 3.42. The van der Waals surface area contributed by atoms with Gasteiger partial charge in [0.05, 0.1) is 5.39 Å². The molecule has 0 aliphatic carbocycles. The van der Waals surface area contributed by atoms with E-state index in [1.807, 2.05) is 6.07 Å². The van der Waals surface area contributed by atoms with Gasteiger partial charge in [0.15, 0.2) is 12.0 Å². The second kappa shape index (κ2) is 5.77. The van der Waals surface area contributed by atoms with E-state index in [-0.39, 0.29) is 11.2 Å². The van der Waals surface area contributed by atoms with Crippen LogP contribution in [0.15, 0.2) is 48.7 Å². The van der Waals surface area contributed by atoms with Crippen LogP contribution in [0.2, 0.25) is 0 Å². The number of carbonyl (C=O) groups is 1. The molecular weight excluding hydrogens is 282 g/mol. The molecule has 0 radical (unpaired) electrons. The summed E-state index contributed by atoms with van der Waals surface area (Å²) in [6, 6.07) is 15.0. The second-order valence-corrected chi connectivity index (χ2v) is 7.64. The highest BCUT2D eigenvalue weighted by Gasteiger charge is 2.17. The number of fused-ring (bicyclic) bond motifs is 3. The molecular formula is C21H24NO+. The van der Waals surface area contributed by atoms with E-state index < -0.39 is 0 Å². The molecule has 1 aromatic heterocycles. The maximum Gasteiger partial charge on any atom is 0.213 e. The van der Waals surface area contributed by atoms with Crippen LogP contribution in [-0.2, 0) is 17.8 Å². The van der Waals surface area contributed by atoms with Gasteiger partial charge in [0.2, 0.25) is 12.1 Å². The molecule has 0 atom stereocenters. The fourth-order valence-corrected chi connectivity index (χ4v) is 3.23. The van der Waals surface area contributed by atoms with E-state index in [4.69, 9.17) is 0 Å². The van der Waals surface area contributed by atoms with Crippen molar-refractivity contribution in [2.45, 2.75) is 40.7 Å². The number of hydrogen-bond donors (Lipinski definition) is 0. The second-order valence-electron chi connectivity index (χ2n) is 7.64. The SMILES string of the molecule is CC(=O)C[n+]1cc2ccccc2c2cc(CC(C)(C)C)ccc21. The van der Waals surface area contributed by atoms with E-state index in [0.717, 1.165) is 11.9 Å². The number of rotatable bonds is 3. The van der Waals surface area contributed by atoms with Crippen LogP contribution in [0.5, 0.6) is 0 Å². The lowest BCUT2D eigenvalue weighted by atomic mass is 9.87. The standard InChI is InChI=1S/C21H24NO/c1-15(23)13-22-14-17-7-5-6-8-18(17)19-11-16(9-10-20(19)22)12-21(2,3)4/h5-11,14H,12-13H2,1-4H3/q+1. The van der Waals surface area contributed by atoms with Gasteiger partial charge in [-0.05, 0) is 29.5 Å². The van der Waals surface area contributed by atoms with Crippen molar-refractivity contribution in [3.8, 4) is 0 Å². The molecule has 2 nitrogen and oxygen atoms in total. The van der Waals surface area contributed by atoms with Gasteiger partial charge in [-0.15, -0.1) is 0 Å². The average Bonchev–Trinajstić information content (AvgIpc) is 2.45. The first-order valence-corrected chi connectivity index (χ1v) is 8.17. The molecule has 0 saturated carbocycles. The Morgan fingerprint density at radius 2 is 1.78 bits per heavy atom. The van der Waals surface area contributed by atoms with Gasteiger partial charge in [-0.2, -0.15) is 4.57 Å². The zero-order valence-corrected chi connectivity index (χ0v) is 14.4. The first-order valence-electron chi connectivity index (χ1n) is 8.17. The fraction of sp³-hybridized carbons (Fsp3) is 0.333. The van der Waals surface area contributed by atoms with Crippen LogP contribution < -0.4 is 4.57 Å². The van der Waals surface area contributed by atoms with Crippen molar-refractivity contribution in [3.63, 3.8) is 0 Å². The Labute approximate surface area is 137 Å². The number of nitrogens with zero attached hydrogens (tertiary/aromatic N) is 1. The molecule has 0 aliphatic heterocycles. The Bertz CT molecular complexity index is 887. The Morgan fingerprint density at radius 3 is 2.48 bits per heavy atom. The van der Waals surface area contributed by atoms with Crippen molar-refractivity contribution < 1.29 is 9.36 Å². The minimum Gasteiger partial charge on any atom is -0.293 e. The monoisotopic (exact) mass is 306 g/mol. The molecule has 0 amide bonds. The molecule has 0 unspecified atom stereocenters. The van der Waals surface area contributed by atoms with Crippen molar-refractivity contribution in [1.82, 2.24) is 0 Å². The third-order valence-electron chi connectivity index (χ3n) is 4.04. The summed E-state index contributed by atoms with van der Waals surface area (Å²) in [6.07, 6.45) is 3.13. The summed E-state index contributed by atoms with van der Waals surface area (Å²) < 4.78 is 2.07. The van der Waals surface area contributed by atoms with E-state index in [1.165, 1.54) is 21.7 Å². The zero-order valence-electron chi connectivity index (χ0n) is 14.4. The molecule has 2 heteroatoms. The van der Waals surface area contributed by atoms with Crippen molar-refractivity contribution in [1.29, 1.82) is 0 Å². The summed E-state index contributed by atoms with van der Waals surface area (Å²) in [5.74, 6) is 0.172. The van der Waals surface area contributed by atoms with Crippen LogP contribution >= 0.6 is 0 Å².